The van der Waals surface area contributed by atoms with E-state index < -0.39 is 51.6 Å². The Morgan fingerprint density at radius 3 is 2.15 bits per heavy atom. The van der Waals surface area contributed by atoms with Crippen LogP contribution in [0.3, 0.4) is 0 Å². The molecule has 0 aliphatic carbocycles. The molecule has 62 heavy (non-hydrogen) atoms. The Hall–Kier alpha value is -3.15. The van der Waals surface area contributed by atoms with Gasteiger partial charge in [-0.15, -0.1) is 0 Å². The Labute approximate surface area is 374 Å². The Morgan fingerprint density at radius 2 is 1.60 bits per heavy atom. The minimum atomic E-state index is -2.14. The molecule has 0 amide bonds. The predicted octanol–water partition coefficient (Wildman–Crippen LogP) is 12.3. The smallest absolute Gasteiger partial charge is 0.457 e. The molecule has 3 rings (SSSR count). The highest BCUT2D eigenvalue weighted by Gasteiger charge is 2.47. The van der Waals surface area contributed by atoms with Crippen molar-refractivity contribution in [2.75, 3.05) is 7.11 Å². The van der Waals surface area contributed by atoms with Gasteiger partial charge >= 0.3 is 12.1 Å². The number of ether oxygens (including phenoxy) is 5. The summed E-state index contributed by atoms with van der Waals surface area (Å²) in [6, 6.07) is 11.4. The zero-order valence-electron chi connectivity index (χ0n) is 40.1. The number of rotatable bonds is 22. The average molecular weight is 902 g/mol. The van der Waals surface area contributed by atoms with Gasteiger partial charge in [0.2, 0.25) is 0 Å². The minimum Gasteiger partial charge on any atom is -0.457 e. The number of nitro groups is 1. The van der Waals surface area contributed by atoms with Crippen LogP contribution in [-0.4, -0.2) is 83.0 Å². The number of allylic oxidation sites excluding steroid dienone is 3. The molecule has 0 N–H and O–H groups in total. The Kier molecular flexibility index (Phi) is 21.3. The average Bonchev–Trinajstić information content (AvgIpc) is 4.03. The third kappa shape index (κ3) is 15.0. The number of carbonyl (C=O) groups excluding carboxylic acids is 2. The molecular formula is C48H79NO11Si2. The number of cyclic esters (lactones) is 1. The molecule has 350 valence electrons. The van der Waals surface area contributed by atoms with E-state index in [0.29, 0.717) is 18.8 Å². The van der Waals surface area contributed by atoms with Crippen molar-refractivity contribution in [1.29, 1.82) is 0 Å². The van der Waals surface area contributed by atoms with Gasteiger partial charge in [-0.25, -0.2) is 4.79 Å². The molecule has 0 unspecified atom stereocenters. The van der Waals surface area contributed by atoms with Gasteiger partial charge in [0, 0.05) is 37.2 Å². The summed E-state index contributed by atoms with van der Waals surface area (Å²) >= 11 is 0. The molecule has 1 fully saturated rings. The van der Waals surface area contributed by atoms with E-state index in [1.54, 1.807) is 13.2 Å². The maximum Gasteiger partial charge on any atom is 0.514 e. The molecule has 10 atom stereocenters. The molecule has 14 heteroatoms. The number of non-ortho nitro benzene ring substituents is 1. The summed E-state index contributed by atoms with van der Waals surface area (Å²) in [6.45, 7) is 25.8. The van der Waals surface area contributed by atoms with Crippen LogP contribution in [0.25, 0.3) is 0 Å². The van der Waals surface area contributed by atoms with Crippen LogP contribution < -0.4 is 4.74 Å². The highest BCUT2D eigenvalue weighted by molar-refractivity contribution is 6.74. The Bertz CT molecular complexity index is 1640. The zero-order chi connectivity index (χ0) is 46.3. The van der Waals surface area contributed by atoms with Crippen molar-refractivity contribution in [2.45, 2.75) is 194 Å². The fourth-order valence-electron chi connectivity index (χ4n) is 8.80. The van der Waals surface area contributed by atoms with Gasteiger partial charge in [0.05, 0.1) is 29.7 Å². The van der Waals surface area contributed by atoms with Gasteiger partial charge in [-0.3, -0.25) is 14.9 Å². The molecule has 0 saturated carbocycles. The molecule has 0 spiro atoms. The van der Waals surface area contributed by atoms with E-state index in [0.717, 1.165) is 54.7 Å². The van der Waals surface area contributed by atoms with Crippen molar-refractivity contribution in [3.05, 3.63) is 70.3 Å². The van der Waals surface area contributed by atoms with Crippen molar-refractivity contribution >= 4 is 34.4 Å². The van der Waals surface area contributed by atoms with Crippen LogP contribution in [0.15, 0.2) is 60.2 Å². The molecule has 12 nitrogen and oxygen atoms in total. The van der Waals surface area contributed by atoms with Crippen molar-refractivity contribution in [1.82, 2.24) is 0 Å². The van der Waals surface area contributed by atoms with Crippen LogP contribution in [0.4, 0.5) is 10.5 Å². The number of hydrogen-bond acceptors (Lipinski definition) is 11. The number of benzene rings is 1. The zero-order valence-corrected chi connectivity index (χ0v) is 42.1. The summed E-state index contributed by atoms with van der Waals surface area (Å²) in [5, 5.41) is 11.1. The number of nitrogens with zero attached hydrogens (tertiary/aromatic N) is 1. The van der Waals surface area contributed by atoms with Crippen LogP contribution in [0.1, 0.15) is 115 Å². The van der Waals surface area contributed by atoms with Crippen LogP contribution in [0, 0.1) is 27.9 Å². The van der Waals surface area contributed by atoms with Crippen molar-refractivity contribution in [3.8, 4) is 5.75 Å². The molecule has 0 radical (unpaired) electrons. The predicted molar refractivity (Wildman–Crippen MR) is 250 cm³/mol. The van der Waals surface area contributed by atoms with Crippen LogP contribution in [0.2, 0.25) is 36.3 Å². The second-order valence-corrected chi connectivity index (χ2v) is 27.3. The van der Waals surface area contributed by atoms with Crippen LogP contribution in [0.5, 0.6) is 5.75 Å². The third-order valence-electron chi connectivity index (χ3n) is 13.9. The number of nitro benzene ring substituents is 1. The van der Waals surface area contributed by atoms with Gasteiger partial charge < -0.3 is 32.5 Å². The first-order chi connectivity index (χ1) is 29.4. The highest BCUT2D eigenvalue weighted by Crippen LogP contribution is 2.39. The monoisotopic (exact) mass is 902 g/mol. The normalized spacial score (nSPS) is 26.8. The van der Waals surface area contributed by atoms with E-state index in [4.69, 9.17) is 32.5 Å². The molecule has 0 aromatic heterocycles. The van der Waals surface area contributed by atoms with Gasteiger partial charge in [0.25, 0.3) is 5.69 Å². The Balaban J connectivity index is 1.85. The van der Waals surface area contributed by atoms with E-state index in [9.17, 15) is 19.7 Å². The van der Waals surface area contributed by atoms with E-state index in [-0.39, 0.29) is 54.0 Å². The van der Waals surface area contributed by atoms with Crippen molar-refractivity contribution in [3.63, 3.8) is 0 Å². The van der Waals surface area contributed by atoms with E-state index >= 15 is 0 Å². The molecule has 1 aromatic carbocycles. The fourth-order valence-corrected chi connectivity index (χ4v) is 14.7. The second-order valence-electron chi connectivity index (χ2n) is 17.9. The maximum absolute atomic E-state index is 13.9. The Morgan fingerprint density at radius 1 is 0.984 bits per heavy atom. The first kappa shape index (κ1) is 53.2. The molecular weight excluding hydrogens is 823 g/mol. The van der Waals surface area contributed by atoms with Gasteiger partial charge in [0.1, 0.15) is 17.5 Å². The van der Waals surface area contributed by atoms with Crippen LogP contribution >= 0.6 is 0 Å². The lowest BCUT2D eigenvalue weighted by Gasteiger charge is -2.38. The van der Waals surface area contributed by atoms with Gasteiger partial charge in [-0.05, 0) is 105 Å². The highest BCUT2D eigenvalue weighted by atomic mass is 28.4. The summed E-state index contributed by atoms with van der Waals surface area (Å²) in [5.74, 6) is 0.0626. The summed E-state index contributed by atoms with van der Waals surface area (Å²) in [4.78, 5) is 37.8. The molecule has 2 heterocycles. The number of esters is 1. The summed E-state index contributed by atoms with van der Waals surface area (Å²) in [7, 11) is -2.29. The number of hydrogen-bond donors (Lipinski definition) is 0. The second kappa shape index (κ2) is 24.8. The molecule has 1 saturated heterocycles. The first-order valence-electron chi connectivity index (χ1n) is 23.3. The lowest BCUT2D eigenvalue weighted by Crippen LogP contribution is -2.46. The summed E-state index contributed by atoms with van der Waals surface area (Å²) in [6.07, 6.45) is 10.4. The van der Waals surface area contributed by atoms with E-state index in [1.807, 2.05) is 39.0 Å². The summed E-state index contributed by atoms with van der Waals surface area (Å²) in [5.41, 5.74) is -0.286. The molecule has 2 aliphatic rings. The maximum atomic E-state index is 13.9. The standard InChI is InChI=1S/C48H79NO11Si2/c1-14-41(60-62(18-5,19-6)20-7)37(11)46-42(56-46)32-34(8)22-21-23-35(9)45-36(10)24-29-43(57-47(51)55-39-27-25-38(26-28-39)49(52)53)48(12,54-13)31-30-40(33-44(50)58-45)59-61(15-2,16-3)17-4/h21-29,34,36-37,40-43,45-46H,14-20,30-33H2,1-13H3/t34-,36+,37-,40-,41+,42-,43+,45-,46-,48-/m1/s1. The molecule has 2 aliphatic heterocycles. The van der Waals surface area contributed by atoms with E-state index in [1.165, 1.54) is 24.3 Å². The SMILES string of the molecule is CC[C@H](O[Si](CC)(CC)CC)[C@@H](C)[C@H]1O[C@@H]1C[C@H](C)C=CC=C(C)[C@H]1OC(=O)C[C@H](O[Si](CC)(CC)CC)CC[C@@](C)(OC)[C@@H](OC(=O)Oc2ccc([N+](=O)[O-])cc2)C=C[C@@H]1C. The lowest BCUT2D eigenvalue weighted by molar-refractivity contribution is -0.384. The first-order valence-corrected chi connectivity index (χ1v) is 28.4. The molecule has 0 bridgehead atoms. The number of carbonyl (C=O) groups is 2. The van der Waals surface area contributed by atoms with Crippen molar-refractivity contribution < 1.29 is 47.0 Å². The number of methoxy groups -OCH3 is 1. The van der Waals surface area contributed by atoms with E-state index in [2.05, 4.69) is 68.4 Å². The fraction of sp³-hybridized carbons (Fsp3) is 0.708. The largest absolute Gasteiger partial charge is 0.514 e. The topological polar surface area (TPSA) is 145 Å². The summed E-state index contributed by atoms with van der Waals surface area (Å²) < 4.78 is 43.9. The minimum absolute atomic E-state index is 0.0821. The van der Waals surface area contributed by atoms with Gasteiger partial charge in [0.15, 0.2) is 22.7 Å². The van der Waals surface area contributed by atoms with Gasteiger partial charge in [-0.1, -0.05) is 93.5 Å². The third-order valence-corrected chi connectivity index (χ3v) is 23.3. The number of epoxide rings is 1. The molecule has 1 aromatic rings. The lowest BCUT2D eigenvalue weighted by atomic mass is 9.88. The van der Waals surface area contributed by atoms with Gasteiger partial charge in [-0.2, -0.15) is 0 Å². The quantitative estimate of drug-likeness (QED) is 0.0160. The van der Waals surface area contributed by atoms with Crippen LogP contribution in [-0.2, 0) is 32.6 Å². The van der Waals surface area contributed by atoms with Crippen molar-refractivity contribution in [2.24, 2.45) is 17.8 Å².